The van der Waals surface area contributed by atoms with Gasteiger partial charge in [0.15, 0.2) is 0 Å². The fraction of sp³-hybridized carbons (Fsp3) is 0.294. The highest BCUT2D eigenvalue weighted by Gasteiger charge is 2.17. The maximum Gasteiger partial charge on any atom is 0.0432 e. The van der Waals surface area contributed by atoms with Gasteiger partial charge in [-0.1, -0.05) is 46.3 Å². The van der Waals surface area contributed by atoms with Crippen molar-refractivity contribution in [1.82, 2.24) is 0 Å². The van der Waals surface area contributed by atoms with Crippen LogP contribution in [0.1, 0.15) is 29.7 Å². The van der Waals surface area contributed by atoms with E-state index in [1.807, 2.05) is 6.92 Å². The second kappa shape index (κ2) is 5.58. The Balaban J connectivity index is 1.86. The van der Waals surface area contributed by atoms with Gasteiger partial charge in [-0.25, -0.2) is 0 Å². The van der Waals surface area contributed by atoms with Gasteiger partial charge in [-0.15, -0.1) is 0 Å². The third-order valence-electron chi connectivity index (χ3n) is 3.97. The first-order chi connectivity index (χ1) is 9.65. The third kappa shape index (κ3) is 2.60. The second-order valence-electron chi connectivity index (χ2n) is 5.43. The predicted molar refractivity (Wildman–Crippen MR) is 87.9 cm³/mol. The van der Waals surface area contributed by atoms with Gasteiger partial charge in [0.1, 0.15) is 0 Å². The van der Waals surface area contributed by atoms with Gasteiger partial charge < -0.3 is 10.6 Å². The van der Waals surface area contributed by atoms with Gasteiger partial charge in [0.05, 0.1) is 0 Å². The maximum absolute atomic E-state index is 5.96. The molecule has 0 aromatic heterocycles. The number of halogens is 1. The zero-order chi connectivity index (χ0) is 14.1. The largest absolute Gasteiger partial charge is 0.367 e. The Morgan fingerprint density at radius 2 is 1.90 bits per heavy atom. The number of rotatable bonds is 2. The average Bonchev–Trinajstić information content (AvgIpc) is 2.46. The van der Waals surface area contributed by atoms with E-state index in [0.29, 0.717) is 0 Å². The molecule has 0 saturated heterocycles. The van der Waals surface area contributed by atoms with Gasteiger partial charge in [-0.05, 0) is 42.2 Å². The van der Waals surface area contributed by atoms with E-state index >= 15 is 0 Å². The highest BCUT2D eigenvalue weighted by Crippen LogP contribution is 2.30. The van der Waals surface area contributed by atoms with Crippen LogP contribution in [0.2, 0.25) is 0 Å². The molecule has 2 nitrogen and oxygen atoms in total. The maximum atomic E-state index is 5.96. The Morgan fingerprint density at radius 1 is 1.15 bits per heavy atom. The Hall–Kier alpha value is -1.32. The van der Waals surface area contributed by atoms with Crippen molar-refractivity contribution in [2.45, 2.75) is 25.9 Å². The molecule has 2 N–H and O–H groups in total. The number of hydrogen-bond donors (Lipinski definition) is 1. The topological polar surface area (TPSA) is 29.3 Å². The smallest absolute Gasteiger partial charge is 0.0432 e. The molecule has 1 heterocycles. The van der Waals surface area contributed by atoms with E-state index < -0.39 is 0 Å². The summed E-state index contributed by atoms with van der Waals surface area (Å²) in [7, 11) is 0. The molecule has 3 rings (SSSR count). The summed E-state index contributed by atoms with van der Waals surface area (Å²) in [5.41, 5.74) is 11.3. The number of hydrogen-bond acceptors (Lipinski definition) is 2. The van der Waals surface area contributed by atoms with Crippen molar-refractivity contribution in [2.24, 2.45) is 5.73 Å². The van der Waals surface area contributed by atoms with E-state index in [9.17, 15) is 0 Å². The minimum absolute atomic E-state index is 0.0560. The zero-order valence-corrected chi connectivity index (χ0v) is 13.2. The van der Waals surface area contributed by atoms with Crippen molar-refractivity contribution in [3.8, 4) is 0 Å². The van der Waals surface area contributed by atoms with Crippen molar-refractivity contribution < 1.29 is 0 Å². The first-order valence-electron chi connectivity index (χ1n) is 7.02. The molecule has 0 bridgehead atoms. The van der Waals surface area contributed by atoms with E-state index in [4.69, 9.17) is 5.73 Å². The van der Waals surface area contributed by atoms with Crippen LogP contribution in [0.4, 0.5) is 5.69 Å². The molecule has 0 fully saturated rings. The van der Waals surface area contributed by atoms with E-state index in [0.717, 1.165) is 29.5 Å². The Bertz CT molecular complexity index is 622. The fourth-order valence-electron chi connectivity index (χ4n) is 2.80. The standard InChI is InChI=1S/C17H19BrN2/c1-12(19)16-7-6-15(10-17(16)18)20-9-8-13-4-2-3-5-14(13)11-20/h2-7,10,12H,8-9,11,19H2,1H3/t12-/m1/s1. The molecule has 1 atom stereocenters. The van der Waals surface area contributed by atoms with Crippen molar-refractivity contribution in [2.75, 3.05) is 11.4 Å². The Kier molecular flexibility index (Phi) is 3.81. The summed E-state index contributed by atoms with van der Waals surface area (Å²) in [6.45, 7) is 4.07. The Labute approximate surface area is 128 Å². The highest BCUT2D eigenvalue weighted by atomic mass is 79.9. The molecule has 0 radical (unpaired) electrons. The lowest BCUT2D eigenvalue weighted by molar-refractivity contribution is 0.730. The molecule has 0 aliphatic carbocycles. The van der Waals surface area contributed by atoms with Crippen LogP contribution < -0.4 is 10.6 Å². The summed E-state index contributed by atoms with van der Waals surface area (Å²) < 4.78 is 1.10. The number of fused-ring (bicyclic) bond motifs is 1. The monoisotopic (exact) mass is 330 g/mol. The van der Waals surface area contributed by atoms with E-state index in [2.05, 4.69) is 63.3 Å². The molecule has 0 spiro atoms. The number of benzene rings is 2. The van der Waals surface area contributed by atoms with Gasteiger partial charge in [-0.3, -0.25) is 0 Å². The van der Waals surface area contributed by atoms with Gasteiger partial charge in [-0.2, -0.15) is 0 Å². The molecule has 2 aromatic rings. The lowest BCUT2D eigenvalue weighted by Gasteiger charge is -2.31. The molecule has 2 aromatic carbocycles. The molecule has 3 heteroatoms. The predicted octanol–water partition coefficient (Wildman–Crippen LogP) is 4.03. The van der Waals surface area contributed by atoms with Gasteiger partial charge in [0.25, 0.3) is 0 Å². The molecular formula is C17H19BrN2. The van der Waals surface area contributed by atoms with Crippen molar-refractivity contribution in [3.63, 3.8) is 0 Å². The van der Waals surface area contributed by atoms with Crippen LogP contribution in [0.15, 0.2) is 46.9 Å². The minimum atomic E-state index is 0.0560. The average molecular weight is 331 g/mol. The minimum Gasteiger partial charge on any atom is -0.367 e. The number of anilines is 1. The van der Waals surface area contributed by atoms with Crippen LogP contribution >= 0.6 is 15.9 Å². The quantitative estimate of drug-likeness (QED) is 0.900. The van der Waals surface area contributed by atoms with Gasteiger partial charge in [0.2, 0.25) is 0 Å². The molecule has 0 unspecified atom stereocenters. The molecule has 104 valence electrons. The van der Waals surface area contributed by atoms with Crippen LogP contribution in [-0.2, 0) is 13.0 Å². The number of nitrogens with two attached hydrogens (primary N) is 1. The summed E-state index contributed by atoms with van der Waals surface area (Å²) in [6.07, 6.45) is 1.11. The van der Waals surface area contributed by atoms with Crippen LogP contribution in [0.25, 0.3) is 0 Å². The van der Waals surface area contributed by atoms with E-state index in [1.165, 1.54) is 16.8 Å². The number of nitrogens with zero attached hydrogens (tertiary/aromatic N) is 1. The molecular weight excluding hydrogens is 312 g/mol. The summed E-state index contributed by atoms with van der Waals surface area (Å²) in [5, 5.41) is 0. The van der Waals surface area contributed by atoms with Gasteiger partial charge >= 0.3 is 0 Å². The SMILES string of the molecule is C[C@@H](N)c1ccc(N2CCc3ccccc3C2)cc1Br. The third-order valence-corrected chi connectivity index (χ3v) is 4.66. The Morgan fingerprint density at radius 3 is 2.60 bits per heavy atom. The highest BCUT2D eigenvalue weighted by molar-refractivity contribution is 9.10. The lowest BCUT2D eigenvalue weighted by atomic mass is 9.99. The van der Waals surface area contributed by atoms with Crippen molar-refractivity contribution >= 4 is 21.6 Å². The fourth-order valence-corrected chi connectivity index (χ4v) is 3.53. The summed E-state index contributed by atoms with van der Waals surface area (Å²) in [4.78, 5) is 2.43. The van der Waals surface area contributed by atoms with Crippen LogP contribution in [-0.4, -0.2) is 6.54 Å². The first kappa shape index (κ1) is 13.7. The normalized spacial score (nSPS) is 15.8. The van der Waals surface area contributed by atoms with E-state index in [-0.39, 0.29) is 6.04 Å². The second-order valence-corrected chi connectivity index (χ2v) is 6.29. The molecule has 20 heavy (non-hydrogen) atoms. The van der Waals surface area contributed by atoms with Gasteiger partial charge in [0, 0.05) is 29.3 Å². The zero-order valence-electron chi connectivity index (χ0n) is 11.6. The summed E-state index contributed by atoms with van der Waals surface area (Å²) in [6, 6.07) is 15.3. The molecule has 1 aliphatic rings. The van der Waals surface area contributed by atoms with Crippen LogP contribution in [0.5, 0.6) is 0 Å². The summed E-state index contributed by atoms with van der Waals surface area (Å²) in [5.74, 6) is 0. The molecule has 1 aliphatic heterocycles. The lowest BCUT2D eigenvalue weighted by Crippen LogP contribution is -2.30. The summed E-state index contributed by atoms with van der Waals surface area (Å²) >= 11 is 3.64. The van der Waals surface area contributed by atoms with Crippen LogP contribution in [0, 0.1) is 0 Å². The van der Waals surface area contributed by atoms with Crippen molar-refractivity contribution in [1.29, 1.82) is 0 Å². The van der Waals surface area contributed by atoms with Crippen molar-refractivity contribution in [3.05, 3.63) is 63.6 Å². The molecule has 0 amide bonds. The molecule has 0 saturated carbocycles. The first-order valence-corrected chi connectivity index (χ1v) is 7.81. The van der Waals surface area contributed by atoms with Crippen LogP contribution in [0.3, 0.4) is 0 Å². The van der Waals surface area contributed by atoms with E-state index in [1.54, 1.807) is 0 Å².